The molecule has 2 heterocycles. The molecular weight excluding hydrogens is 374 g/mol. The van der Waals surface area contributed by atoms with Crippen molar-refractivity contribution in [2.45, 2.75) is 32.8 Å². The van der Waals surface area contributed by atoms with Crippen LogP contribution in [0, 0.1) is 17.8 Å². The van der Waals surface area contributed by atoms with Gasteiger partial charge in [-0.2, -0.15) is 0 Å². The van der Waals surface area contributed by atoms with Crippen LogP contribution in [0.2, 0.25) is 0 Å². The lowest BCUT2D eigenvalue weighted by Gasteiger charge is -2.25. The fraction of sp³-hybridized carbons (Fsp3) is 0.440. The van der Waals surface area contributed by atoms with Gasteiger partial charge in [0.05, 0.1) is 0 Å². The lowest BCUT2D eigenvalue weighted by Crippen LogP contribution is -2.27. The van der Waals surface area contributed by atoms with Crippen LogP contribution >= 0.6 is 0 Å². The summed E-state index contributed by atoms with van der Waals surface area (Å²) in [6.45, 7) is 9.16. The summed E-state index contributed by atoms with van der Waals surface area (Å²) in [4.78, 5) is 18.5. The Hall–Kier alpha value is -2.82. The molecule has 1 aliphatic heterocycles. The molecule has 4 rings (SSSR count). The van der Waals surface area contributed by atoms with E-state index in [1.54, 1.807) is 24.5 Å². The van der Waals surface area contributed by atoms with E-state index in [2.05, 4.69) is 54.2 Å². The summed E-state index contributed by atoms with van der Waals surface area (Å²) < 4.78 is 6.01. The van der Waals surface area contributed by atoms with Crippen LogP contribution in [0.15, 0.2) is 54.9 Å². The number of nitrogens with zero attached hydrogens (tertiary/aromatic N) is 2. The second-order valence-corrected chi connectivity index (χ2v) is 9.31. The van der Waals surface area contributed by atoms with Gasteiger partial charge in [0.2, 0.25) is 5.91 Å². The first-order valence-electron chi connectivity index (χ1n) is 10.8. The monoisotopic (exact) mass is 405 g/mol. The van der Waals surface area contributed by atoms with Crippen molar-refractivity contribution in [3.63, 3.8) is 0 Å². The van der Waals surface area contributed by atoms with Gasteiger partial charge < -0.3 is 15.0 Å². The molecular formula is C25H31N3O2. The number of anilines is 1. The number of hydrogen-bond donors (Lipinski definition) is 1. The Bertz CT molecular complexity index is 892. The Morgan fingerprint density at radius 2 is 2.03 bits per heavy atom. The maximum absolute atomic E-state index is 12.0. The topological polar surface area (TPSA) is 54.5 Å². The average molecular weight is 406 g/mol. The van der Waals surface area contributed by atoms with Gasteiger partial charge >= 0.3 is 0 Å². The number of aromatic nitrogens is 1. The molecule has 30 heavy (non-hydrogen) atoms. The fourth-order valence-electron chi connectivity index (χ4n) is 4.45. The smallest absolute Gasteiger partial charge is 0.244 e. The van der Waals surface area contributed by atoms with Crippen molar-refractivity contribution in [3.8, 4) is 5.75 Å². The molecule has 5 nitrogen and oxygen atoms in total. The van der Waals surface area contributed by atoms with Gasteiger partial charge in [0.1, 0.15) is 11.4 Å². The quantitative estimate of drug-likeness (QED) is 0.703. The van der Waals surface area contributed by atoms with E-state index in [1.807, 2.05) is 18.2 Å². The number of ether oxygens (including phenoxy) is 1. The summed E-state index contributed by atoms with van der Waals surface area (Å²) in [6.07, 6.45) is 7.90. The van der Waals surface area contributed by atoms with Gasteiger partial charge in [0.25, 0.3) is 0 Å². The number of hydrogen-bond acceptors (Lipinski definition) is 4. The number of pyridine rings is 1. The first-order valence-corrected chi connectivity index (χ1v) is 10.8. The normalized spacial score (nSPS) is 22.8. The largest absolute Gasteiger partial charge is 0.488 e. The van der Waals surface area contributed by atoms with Gasteiger partial charge in [-0.1, -0.05) is 12.1 Å². The highest BCUT2D eigenvalue weighted by molar-refractivity contribution is 5.91. The Balaban J connectivity index is 1.19. The van der Waals surface area contributed by atoms with Crippen LogP contribution in [0.4, 0.5) is 5.69 Å². The van der Waals surface area contributed by atoms with E-state index in [1.165, 1.54) is 5.69 Å². The lowest BCUT2D eigenvalue weighted by molar-refractivity contribution is -0.116. The van der Waals surface area contributed by atoms with Crippen molar-refractivity contribution in [2.75, 3.05) is 24.5 Å². The number of nitrogens with one attached hydrogen (secondary N) is 1. The number of rotatable bonds is 7. The molecule has 1 unspecified atom stereocenters. The summed E-state index contributed by atoms with van der Waals surface area (Å²) in [6, 6.07) is 12.2. The molecule has 0 spiro atoms. The molecule has 1 aromatic heterocycles. The first kappa shape index (κ1) is 20.5. The summed E-state index contributed by atoms with van der Waals surface area (Å²) in [5.41, 5.74) is 1.99. The SMILES string of the molecule is CC(C)(C)Oc1cccc(N2C[C@@H]3C(CCNC(=O)/C=C/c4cccnc4)[C@@H]3C2)c1. The van der Waals surface area contributed by atoms with Crippen molar-refractivity contribution < 1.29 is 9.53 Å². The maximum Gasteiger partial charge on any atom is 0.244 e. The highest BCUT2D eigenvalue weighted by Crippen LogP contribution is 2.54. The van der Waals surface area contributed by atoms with Gasteiger partial charge in [0.15, 0.2) is 0 Å². The van der Waals surface area contributed by atoms with Gasteiger partial charge in [0, 0.05) is 49.9 Å². The van der Waals surface area contributed by atoms with E-state index < -0.39 is 0 Å². The molecule has 0 radical (unpaired) electrons. The number of piperidine rings is 1. The number of carbonyl (C=O) groups excluding carboxylic acids is 1. The molecule has 5 heteroatoms. The van der Waals surface area contributed by atoms with Crippen molar-refractivity contribution in [1.82, 2.24) is 10.3 Å². The standard InChI is InChI=1S/C25H31N3O2/c1-25(2,3)30-20-8-4-7-19(14-20)28-16-22-21(23(22)17-28)11-13-27-24(29)10-9-18-6-5-12-26-15-18/h4-10,12,14-15,21-23H,11,13,16-17H2,1-3H3,(H,27,29)/b10-9+/t21?,22-,23+. The van der Waals surface area contributed by atoms with Crippen LogP contribution in [0.25, 0.3) is 6.08 Å². The second-order valence-electron chi connectivity index (χ2n) is 9.31. The van der Waals surface area contributed by atoms with Crippen LogP contribution in [0.1, 0.15) is 32.8 Å². The molecule has 158 valence electrons. The maximum atomic E-state index is 12.0. The first-order chi connectivity index (χ1) is 14.4. The Kier molecular flexibility index (Phi) is 5.80. The molecule has 1 aromatic carbocycles. The summed E-state index contributed by atoms with van der Waals surface area (Å²) in [5.74, 6) is 3.12. The van der Waals surface area contributed by atoms with Crippen molar-refractivity contribution in [1.29, 1.82) is 0 Å². The molecule has 2 aromatic rings. The third-order valence-corrected chi connectivity index (χ3v) is 5.87. The minimum Gasteiger partial charge on any atom is -0.488 e. The summed E-state index contributed by atoms with van der Waals surface area (Å²) in [7, 11) is 0. The van der Waals surface area contributed by atoms with Crippen LogP contribution < -0.4 is 15.0 Å². The van der Waals surface area contributed by atoms with Gasteiger partial charge in [-0.05, 0) is 74.8 Å². The molecule has 1 saturated heterocycles. The average Bonchev–Trinajstić information content (AvgIpc) is 3.15. The molecule has 1 amide bonds. The Labute approximate surface area is 179 Å². The predicted octanol–water partition coefficient (Wildman–Crippen LogP) is 4.16. The van der Waals surface area contributed by atoms with E-state index in [4.69, 9.17) is 4.74 Å². The van der Waals surface area contributed by atoms with Gasteiger partial charge in [-0.3, -0.25) is 9.78 Å². The fourth-order valence-corrected chi connectivity index (χ4v) is 4.45. The molecule has 2 aliphatic rings. The van der Waals surface area contributed by atoms with Crippen molar-refractivity contribution >= 4 is 17.7 Å². The third-order valence-electron chi connectivity index (χ3n) is 5.87. The number of carbonyl (C=O) groups is 1. The van der Waals surface area contributed by atoms with Gasteiger partial charge in [-0.15, -0.1) is 0 Å². The van der Waals surface area contributed by atoms with Crippen molar-refractivity contribution in [2.24, 2.45) is 17.8 Å². The molecule has 1 aliphatic carbocycles. The lowest BCUT2D eigenvalue weighted by atomic mass is 10.1. The summed E-state index contributed by atoms with van der Waals surface area (Å²) >= 11 is 0. The Morgan fingerprint density at radius 1 is 1.23 bits per heavy atom. The van der Waals surface area contributed by atoms with E-state index in [0.717, 1.165) is 55.1 Å². The van der Waals surface area contributed by atoms with E-state index in [0.29, 0.717) is 0 Å². The van der Waals surface area contributed by atoms with E-state index in [-0.39, 0.29) is 11.5 Å². The van der Waals surface area contributed by atoms with Crippen LogP contribution in [-0.2, 0) is 4.79 Å². The van der Waals surface area contributed by atoms with Crippen LogP contribution in [-0.4, -0.2) is 36.1 Å². The molecule has 1 saturated carbocycles. The Morgan fingerprint density at radius 3 is 2.73 bits per heavy atom. The molecule has 0 bridgehead atoms. The highest BCUT2D eigenvalue weighted by Gasteiger charge is 2.54. The minimum atomic E-state index is -0.186. The van der Waals surface area contributed by atoms with Gasteiger partial charge in [-0.25, -0.2) is 0 Å². The zero-order valence-corrected chi connectivity index (χ0v) is 18.0. The molecule has 3 atom stereocenters. The third kappa shape index (κ3) is 5.21. The van der Waals surface area contributed by atoms with Crippen molar-refractivity contribution in [3.05, 3.63) is 60.4 Å². The number of fused-ring (bicyclic) bond motifs is 1. The van der Waals surface area contributed by atoms with E-state index >= 15 is 0 Å². The molecule has 1 N–H and O–H groups in total. The second kappa shape index (κ2) is 8.50. The summed E-state index contributed by atoms with van der Waals surface area (Å²) in [5, 5.41) is 3.01. The zero-order valence-electron chi connectivity index (χ0n) is 18.0. The number of amides is 1. The highest BCUT2D eigenvalue weighted by atomic mass is 16.5. The van der Waals surface area contributed by atoms with E-state index in [9.17, 15) is 4.79 Å². The number of benzene rings is 1. The molecule has 2 fully saturated rings. The van der Waals surface area contributed by atoms with Crippen LogP contribution in [0.5, 0.6) is 5.75 Å². The van der Waals surface area contributed by atoms with Crippen LogP contribution in [0.3, 0.4) is 0 Å². The minimum absolute atomic E-state index is 0.0399. The predicted molar refractivity (Wildman–Crippen MR) is 120 cm³/mol. The zero-order chi connectivity index (χ0) is 21.1.